The second-order valence-corrected chi connectivity index (χ2v) is 10.8. The van der Waals surface area contributed by atoms with Crippen molar-refractivity contribution in [3.63, 3.8) is 0 Å². The third-order valence-electron chi connectivity index (χ3n) is 6.61. The number of hydrogen-bond acceptors (Lipinski definition) is 5. The number of benzene rings is 3. The highest BCUT2D eigenvalue weighted by atomic mass is 35.5. The standard InChI is InChI=1S/C28H25Cl2N5O2S/c1-17-6-5-9-23(18(17)2)35-25(15-31-27(37)21-11-10-20(29)14-22(21)30)32-33-28(35)38-16-26(36)34-13-12-19-7-3-4-8-24(19)34/h3-11,14H,12-13,15-16H2,1-2H3,(H,31,37). The molecule has 3 aromatic carbocycles. The molecule has 0 fully saturated rings. The van der Waals surface area contributed by atoms with Crippen molar-refractivity contribution in [1.82, 2.24) is 20.1 Å². The van der Waals surface area contributed by atoms with E-state index in [4.69, 9.17) is 23.2 Å². The second-order valence-electron chi connectivity index (χ2n) is 8.97. The Morgan fingerprint density at radius 2 is 1.79 bits per heavy atom. The van der Waals surface area contributed by atoms with E-state index in [0.29, 0.717) is 28.1 Å². The number of fused-ring (bicyclic) bond motifs is 1. The van der Waals surface area contributed by atoms with E-state index in [-0.39, 0.29) is 29.1 Å². The molecule has 0 aliphatic carbocycles. The zero-order valence-corrected chi connectivity index (χ0v) is 23.2. The Labute approximate surface area is 235 Å². The van der Waals surface area contributed by atoms with Crippen molar-refractivity contribution in [3.05, 3.63) is 98.8 Å². The summed E-state index contributed by atoms with van der Waals surface area (Å²) in [5, 5.41) is 12.9. The molecule has 1 aliphatic rings. The Morgan fingerprint density at radius 3 is 2.61 bits per heavy atom. The van der Waals surface area contributed by atoms with Crippen LogP contribution in [0.5, 0.6) is 0 Å². The van der Waals surface area contributed by atoms with Gasteiger partial charge in [0.1, 0.15) is 0 Å². The minimum atomic E-state index is -0.348. The molecule has 0 saturated heterocycles. The summed E-state index contributed by atoms with van der Waals surface area (Å²) in [4.78, 5) is 27.8. The molecule has 5 rings (SSSR count). The molecule has 0 saturated carbocycles. The molecule has 2 heterocycles. The monoisotopic (exact) mass is 565 g/mol. The molecule has 1 aromatic heterocycles. The molecule has 4 aromatic rings. The lowest BCUT2D eigenvalue weighted by Gasteiger charge is -2.18. The first kappa shape index (κ1) is 26.3. The molecule has 0 bridgehead atoms. The van der Waals surface area contributed by atoms with Crippen molar-refractivity contribution in [3.8, 4) is 5.69 Å². The number of para-hydroxylation sites is 1. The van der Waals surface area contributed by atoms with Crippen LogP contribution in [-0.2, 0) is 17.8 Å². The third-order valence-corrected chi connectivity index (χ3v) is 8.07. The van der Waals surface area contributed by atoms with Crippen LogP contribution >= 0.6 is 35.0 Å². The number of nitrogens with zero attached hydrogens (tertiary/aromatic N) is 4. The molecule has 0 radical (unpaired) electrons. The van der Waals surface area contributed by atoms with Crippen LogP contribution < -0.4 is 10.2 Å². The first-order valence-corrected chi connectivity index (χ1v) is 13.8. The lowest BCUT2D eigenvalue weighted by molar-refractivity contribution is -0.116. The number of carbonyl (C=O) groups is 2. The van der Waals surface area contributed by atoms with Crippen LogP contribution in [-0.4, -0.2) is 38.9 Å². The molecular formula is C28H25Cl2N5O2S. The van der Waals surface area contributed by atoms with Gasteiger partial charge in [-0.15, -0.1) is 10.2 Å². The predicted molar refractivity (Wildman–Crippen MR) is 152 cm³/mol. The highest BCUT2D eigenvalue weighted by Gasteiger charge is 2.25. The largest absolute Gasteiger partial charge is 0.345 e. The predicted octanol–water partition coefficient (Wildman–Crippen LogP) is 5.80. The van der Waals surface area contributed by atoms with Gasteiger partial charge >= 0.3 is 0 Å². The maximum Gasteiger partial charge on any atom is 0.253 e. The fourth-order valence-electron chi connectivity index (χ4n) is 4.46. The van der Waals surface area contributed by atoms with E-state index in [1.807, 2.05) is 59.7 Å². The fraction of sp³-hybridized carbons (Fsp3) is 0.214. The normalized spacial score (nSPS) is 12.5. The lowest BCUT2D eigenvalue weighted by atomic mass is 10.1. The van der Waals surface area contributed by atoms with Crippen LogP contribution in [0.3, 0.4) is 0 Å². The number of aromatic nitrogens is 3. The molecule has 7 nitrogen and oxygen atoms in total. The number of thioether (sulfide) groups is 1. The summed E-state index contributed by atoms with van der Waals surface area (Å²) in [5.41, 5.74) is 5.54. The summed E-state index contributed by atoms with van der Waals surface area (Å²) in [6, 6.07) is 18.7. The molecule has 0 unspecified atom stereocenters. The molecule has 0 atom stereocenters. The molecule has 38 heavy (non-hydrogen) atoms. The summed E-state index contributed by atoms with van der Waals surface area (Å²) in [7, 11) is 0. The maximum absolute atomic E-state index is 13.2. The van der Waals surface area contributed by atoms with Gasteiger partial charge in [0.05, 0.1) is 28.6 Å². The molecule has 194 valence electrons. The van der Waals surface area contributed by atoms with Crippen LogP contribution in [0.25, 0.3) is 5.69 Å². The Kier molecular flexibility index (Phi) is 7.74. The van der Waals surface area contributed by atoms with E-state index >= 15 is 0 Å². The van der Waals surface area contributed by atoms with Crippen molar-refractivity contribution < 1.29 is 9.59 Å². The quantitative estimate of drug-likeness (QED) is 0.286. The first-order valence-electron chi connectivity index (χ1n) is 12.1. The van der Waals surface area contributed by atoms with Crippen molar-refractivity contribution in [1.29, 1.82) is 0 Å². The topological polar surface area (TPSA) is 80.1 Å². The number of rotatable bonds is 7. The van der Waals surface area contributed by atoms with Gasteiger partial charge in [-0.3, -0.25) is 14.2 Å². The van der Waals surface area contributed by atoms with Gasteiger partial charge in [0, 0.05) is 17.3 Å². The average molecular weight is 567 g/mol. The second kappa shape index (κ2) is 11.2. The molecule has 2 amide bonds. The Bertz CT molecular complexity index is 1540. The van der Waals surface area contributed by atoms with Crippen molar-refractivity contribution in [2.75, 3.05) is 17.2 Å². The van der Waals surface area contributed by atoms with E-state index in [2.05, 4.69) is 21.6 Å². The highest BCUT2D eigenvalue weighted by Crippen LogP contribution is 2.30. The summed E-state index contributed by atoms with van der Waals surface area (Å²) >= 11 is 13.5. The Morgan fingerprint density at radius 1 is 1.00 bits per heavy atom. The number of carbonyl (C=O) groups excluding carboxylic acids is 2. The molecule has 10 heteroatoms. The van der Waals surface area contributed by atoms with Crippen molar-refractivity contribution in [2.45, 2.75) is 32.0 Å². The average Bonchev–Trinajstić information content (AvgIpc) is 3.52. The highest BCUT2D eigenvalue weighted by molar-refractivity contribution is 7.99. The Balaban J connectivity index is 1.38. The van der Waals surface area contributed by atoms with Crippen LogP contribution in [0, 0.1) is 13.8 Å². The van der Waals surface area contributed by atoms with E-state index in [1.54, 1.807) is 12.1 Å². The summed E-state index contributed by atoms with van der Waals surface area (Å²) in [5.74, 6) is 0.421. The molecule has 1 N–H and O–H groups in total. The van der Waals surface area contributed by atoms with Gasteiger partial charge in [-0.25, -0.2) is 0 Å². The summed E-state index contributed by atoms with van der Waals surface area (Å²) in [6.07, 6.45) is 0.854. The molecular weight excluding hydrogens is 541 g/mol. The lowest BCUT2D eigenvalue weighted by Crippen LogP contribution is -2.30. The van der Waals surface area contributed by atoms with Crippen LogP contribution in [0.1, 0.15) is 32.9 Å². The smallest absolute Gasteiger partial charge is 0.253 e. The van der Waals surface area contributed by atoms with Gasteiger partial charge in [-0.1, -0.05) is 65.3 Å². The zero-order valence-electron chi connectivity index (χ0n) is 20.9. The van der Waals surface area contributed by atoms with Gasteiger partial charge in [0.15, 0.2) is 11.0 Å². The zero-order chi connectivity index (χ0) is 26.8. The summed E-state index contributed by atoms with van der Waals surface area (Å²) < 4.78 is 1.90. The van der Waals surface area contributed by atoms with Gasteiger partial charge in [-0.05, 0) is 67.3 Å². The minimum absolute atomic E-state index is 0.0164. The fourth-order valence-corrected chi connectivity index (χ4v) is 5.79. The number of nitrogens with one attached hydrogen (secondary N) is 1. The van der Waals surface area contributed by atoms with Crippen LogP contribution in [0.15, 0.2) is 65.8 Å². The van der Waals surface area contributed by atoms with Gasteiger partial charge < -0.3 is 10.2 Å². The van der Waals surface area contributed by atoms with E-state index in [0.717, 1.165) is 28.9 Å². The summed E-state index contributed by atoms with van der Waals surface area (Å²) in [6.45, 7) is 4.86. The Hall–Kier alpha value is -3.33. The number of amides is 2. The van der Waals surface area contributed by atoms with Gasteiger partial charge in [0.25, 0.3) is 5.91 Å². The van der Waals surface area contributed by atoms with Crippen molar-refractivity contribution in [2.24, 2.45) is 0 Å². The number of hydrogen-bond donors (Lipinski definition) is 1. The SMILES string of the molecule is Cc1cccc(-n2c(CNC(=O)c3ccc(Cl)cc3Cl)nnc2SCC(=O)N2CCc3ccccc32)c1C. The van der Waals surface area contributed by atoms with E-state index < -0.39 is 0 Å². The molecule has 0 spiro atoms. The van der Waals surface area contributed by atoms with Gasteiger partial charge in [-0.2, -0.15) is 0 Å². The number of aryl methyl sites for hydroxylation is 1. The first-order chi connectivity index (χ1) is 18.3. The maximum atomic E-state index is 13.2. The van der Waals surface area contributed by atoms with E-state index in [1.165, 1.54) is 23.4 Å². The minimum Gasteiger partial charge on any atom is -0.345 e. The third kappa shape index (κ3) is 5.29. The van der Waals surface area contributed by atoms with Crippen LogP contribution in [0.2, 0.25) is 10.0 Å². The van der Waals surface area contributed by atoms with Gasteiger partial charge in [0.2, 0.25) is 5.91 Å². The number of halogens is 2. The molecule has 1 aliphatic heterocycles. The van der Waals surface area contributed by atoms with Crippen molar-refractivity contribution >= 4 is 52.5 Å². The number of anilines is 1. The van der Waals surface area contributed by atoms with Crippen LogP contribution in [0.4, 0.5) is 5.69 Å². The van der Waals surface area contributed by atoms with E-state index in [9.17, 15) is 9.59 Å².